The maximum Gasteiger partial charge on any atom is 0.262 e. The Morgan fingerprint density at radius 3 is 2.15 bits per heavy atom. The van der Waals surface area contributed by atoms with Crippen LogP contribution in [-0.2, 0) is 4.79 Å². The number of hydrogen-bond donors (Lipinski definition) is 3. The summed E-state index contributed by atoms with van der Waals surface area (Å²) in [7, 11) is 0. The van der Waals surface area contributed by atoms with Crippen LogP contribution in [0.2, 0.25) is 0 Å². The Labute approximate surface area is 197 Å². The largest absolute Gasteiger partial charge is 0.483 e. The van der Waals surface area contributed by atoms with E-state index in [2.05, 4.69) is 16.0 Å². The number of benzene rings is 3. The molecule has 34 heavy (non-hydrogen) atoms. The Bertz CT molecular complexity index is 1190. The molecule has 0 aliphatic carbocycles. The number of nitrogens with one attached hydrogen (secondary N) is 3. The number of anilines is 2. The van der Waals surface area contributed by atoms with E-state index in [1.54, 1.807) is 54.6 Å². The summed E-state index contributed by atoms with van der Waals surface area (Å²) in [6, 6.07) is 18.7. The van der Waals surface area contributed by atoms with E-state index in [1.807, 2.05) is 20.8 Å². The fraction of sp³-hybridized carbons (Fsp3) is 0.192. The molecule has 0 atom stereocenters. The first kappa shape index (κ1) is 24.4. The molecular formula is C26H26FN3O4. The van der Waals surface area contributed by atoms with Crippen LogP contribution in [0.1, 0.15) is 41.5 Å². The predicted octanol–water partition coefficient (Wildman–Crippen LogP) is 4.62. The number of amides is 3. The van der Waals surface area contributed by atoms with Gasteiger partial charge >= 0.3 is 0 Å². The Morgan fingerprint density at radius 2 is 1.47 bits per heavy atom. The van der Waals surface area contributed by atoms with Crippen LogP contribution in [0.3, 0.4) is 0 Å². The van der Waals surface area contributed by atoms with Gasteiger partial charge in [-0.15, -0.1) is 0 Å². The van der Waals surface area contributed by atoms with E-state index in [9.17, 15) is 18.8 Å². The fourth-order valence-electron chi connectivity index (χ4n) is 2.99. The SMILES string of the molecule is CC(C)(C)NC(=O)c1ccc(NC(=O)c2ccccc2OCC(=O)Nc2ccccc2F)cc1. The smallest absolute Gasteiger partial charge is 0.262 e. The van der Waals surface area contributed by atoms with Crippen molar-refractivity contribution in [3.63, 3.8) is 0 Å². The third-order valence-corrected chi connectivity index (χ3v) is 4.53. The predicted molar refractivity (Wildman–Crippen MR) is 129 cm³/mol. The molecule has 0 heterocycles. The van der Waals surface area contributed by atoms with E-state index in [0.29, 0.717) is 11.3 Å². The van der Waals surface area contributed by atoms with Gasteiger partial charge in [-0.25, -0.2) is 4.39 Å². The Morgan fingerprint density at radius 1 is 0.824 bits per heavy atom. The maximum atomic E-state index is 13.7. The van der Waals surface area contributed by atoms with Crippen LogP contribution in [0.15, 0.2) is 72.8 Å². The van der Waals surface area contributed by atoms with Gasteiger partial charge in [-0.3, -0.25) is 14.4 Å². The van der Waals surface area contributed by atoms with Crippen LogP contribution in [0.5, 0.6) is 5.75 Å². The van der Waals surface area contributed by atoms with Crippen molar-refractivity contribution in [2.24, 2.45) is 0 Å². The van der Waals surface area contributed by atoms with Gasteiger partial charge < -0.3 is 20.7 Å². The normalized spacial score (nSPS) is 10.8. The minimum Gasteiger partial charge on any atom is -0.483 e. The minimum absolute atomic E-state index is 0.0433. The lowest BCUT2D eigenvalue weighted by Crippen LogP contribution is -2.40. The van der Waals surface area contributed by atoms with Crippen molar-refractivity contribution in [2.45, 2.75) is 26.3 Å². The molecule has 3 rings (SSSR count). The Hall–Kier alpha value is -4.20. The Kier molecular flexibility index (Phi) is 7.63. The van der Waals surface area contributed by atoms with Gasteiger partial charge in [0.05, 0.1) is 11.3 Å². The summed E-state index contributed by atoms with van der Waals surface area (Å²) in [4.78, 5) is 37.2. The molecular weight excluding hydrogens is 437 g/mol. The Balaban J connectivity index is 1.62. The fourth-order valence-corrected chi connectivity index (χ4v) is 2.99. The zero-order valence-electron chi connectivity index (χ0n) is 19.1. The monoisotopic (exact) mass is 463 g/mol. The highest BCUT2D eigenvalue weighted by molar-refractivity contribution is 6.06. The molecule has 8 heteroatoms. The van der Waals surface area contributed by atoms with Crippen LogP contribution < -0.4 is 20.7 Å². The number of carbonyl (C=O) groups is 3. The van der Waals surface area contributed by atoms with Crippen molar-refractivity contribution in [1.29, 1.82) is 0 Å². The molecule has 0 aromatic heterocycles. The molecule has 3 aromatic rings. The number of carbonyl (C=O) groups excluding carboxylic acids is 3. The second-order valence-electron chi connectivity index (χ2n) is 8.55. The van der Waals surface area contributed by atoms with Crippen molar-refractivity contribution in [3.05, 3.63) is 89.7 Å². The molecule has 3 N–H and O–H groups in total. The van der Waals surface area contributed by atoms with E-state index in [-0.39, 0.29) is 28.4 Å². The lowest BCUT2D eigenvalue weighted by atomic mass is 10.1. The first-order valence-corrected chi connectivity index (χ1v) is 10.6. The average molecular weight is 464 g/mol. The van der Waals surface area contributed by atoms with E-state index in [0.717, 1.165) is 0 Å². The van der Waals surface area contributed by atoms with Gasteiger partial charge in [0.25, 0.3) is 17.7 Å². The number of para-hydroxylation sites is 2. The van der Waals surface area contributed by atoms with Crippen LogP contribution in [0.4, 0.5) is 15.8 Å². The standard InChI is InChI=1S/C26H26FN3O4/c1-26(2,3)30-24(32)17-12-14-18(15-13-17)28-25(33)19-8-4-7-11-22(19)34-16-23(31)29-21-10-6-5-9-20(21)27/h4-15H,16H2,1-3H3,(H,28,33)(H,29,31)(H,30,32). The summed E-state index contributed by atoms with van der Waals surface area (Å²) in [5, 5.41) is 8.05. The van der Waals surface area contributed by atoms with Crippen molar-refractivity contribution >= 4 is 29.1 Å². The van der Waals surface area contributed by atoms with Gasteiger partial charge in [-0.05, 0) is 69.3 Å². The zero-order chi connectivity index (χ0) is 24.7. The minimum atomic E-state index is -0.565. The van der Waals surface area contributed by atoms with Gasteiger partial charge in [0.1, 0.15) is 11.6 Å². The van der Waals surface area contributed by atoms with Crippen LogP contribution in [0.25, 0.3) is 0 Å². The molecule has 0 saturated heterocycles. The lowest BCUT2D eigenvalue weighted by molar-refractivity contribution is -0.118. The molecule has 3 aromatic carbocycles. The van der Waals surface area contributed by atoms with Gasteiger partial charge in [-0.1, -0.05) is 24.3 Å². The van der Waals surface area contributed by atoms with E-state index >= 15 is 0 Å². The lowest BCUT2D eigenvalue weighted by Gasteiger charge is -2.20. The van der Waals surface area contributed by atoms with Crippen molar-refractivity contribution in [1.82, 2.24) is 5.32 Å². The summed E-state index contributed by atoms with van der Waals surface area (Å²) in [6.07, 6.45) is 0. The molecule has 0 unspecified atom stereocenters. The molecule has 0 radical (unpaired) electrons. The molecule has 0 fully saturated rings. The summed E-state index contributed by atoms with van der Waals surface area (Å²) in [5.74, 6) is -1.58. The third-order valence-electron chi connectivity index (χ3n) is 4.53. The van der Waals surface area contributed by atoms with Gasteiger partial charge in [0, 0.05) is 16.8 Å². The van der Waals surface area contributed by atoms with Gasteiger partial charge in [-0.2, -0.15) is 0 Å². The van der Waals surface area contributed by atoms with Crippen LogP contribution >= 0.6 is 0 Å². The zero-order valence-corrected chi connectivity index (χ0v) is 19.1. The van der Waals surface area contributed by atoms with E-state index < -0.39 is 24.2 Å². The average Bonchev–Trinajstić information content (AvgIpc) is 2.79. The van der Waals surface area contributed by atoms with Gasteiger partial charge in [0.2, 0.25) is 0 Å². The number of hydrogen-bond acceptors (Lipinski definition) is 4. The molecule has 3 amide bonds. The van der Waals surface area contributed by atoms with E-state index in [1.165, 1.54) is 18.2 Å². The van der Waals surface area contributed by atoms with Crippen LogP contribution in [-0.4, -0.2) is 29.9 Å². The van der Waals surface area contributed by atoms with Crippen molar-refractivity contribution in [2.75, 3.05) is 17.2 Å². The quantitative estimate of drug-likeness (QED) is 0.476. The summed E-state index contributed by atoms with van der Waals surface area (Å²) < 4.78 is 19.2. The first-order chi connectivity index (χ1) is 16.1. The highest BCUT2D eigenvalue weighted by Crippen LogP contribution is 2.21. The molecule has 0 aliphatic rings. The number of halogens is 1. The molecule has 176 valence electrons. The number of ether oxygens (including phenoxy) is 1. The van der Waals surface area contributed by atoms with Gasteiger partial charge in [0.15, 0.2) is 6.61 Å². The highest BCUT2D eigenvalue weighted by atomic mass is 19.1. The molecule has 7 nitrogen and oxygen atoms in total. The molecule has 0 saturated carbocycles. The van der Waals surface area contributed by atoms with Crippen molar-refractivity contribution < 1.29 is 23.5 Å². The second-order valence-corrected chi connectivity index (χ2v) is 8.55. The molecule has 0 aliphatic heterocycles. The summed E-state index contributed by atoms with van der Waals surface area (Å²) in [5.41, 5.74) is 0.860. The summed E-state index contributed by atoms with van der Waals surface area (Å²) >= 11 is 0. The third kappa shape index (κ3) is 6.90. The highest BCUT2D eigenvalue weighted by Gasteiger charge is 2.17. The molecule has 0 bridgehead atoms. The van der Waals surface area contributed by atoms with E-state index in [4.69, 9.17) is 4.74 Å². The van der Waals surface area contributed by atoms with Crippen LogP contribution in [0, 0.1) is 5.82 Å². The summed E-state index contributed by atoms with van der Waals surface area (Å²) in [6.45, 7) is 5.27. The topological polar surface area (TPSA) is 96.5 Å². The first-order valence-electron chi connectivity index (χ1n) is 10.6. The number of rotatable bonds is 7. The maximum absolute atomic E-state index is 13.7. The molecule has 0 spiro atoms. The van der Waals surface area contributed by atoms with Crippen molar-refractivity contribution in [3.8, 4) is 5.75 Å². The second kappa shape index (κ2) is 10.6.